The standard InChI is InChI=1S/C39H32ClF10N7O5S2/c1-36(2,63(3,59)60)10-9-21-5-6-22(23-7-8-26(40)30-32(23)57(17-37(43,44)45)54-35(30)55-64(4,61)62)31(51-21)27(13-18-11-19(41)14-20(42)12-18)52-28(58)16-56-34-29(33(53-56)39(48,49)50)24-15-25(24)38(34,46)47/h5-8,11-12,14,24-25,27H,13,15-17H2,1-4H3,(H,52,58)(H,54,55)/t24?,25?,27-/m0/s1. The Bertz CT molecular complexity index is 3030. The average Bonchev–Trinajstić information content (AvgIpc) is 3.66. The van der Waals surface area contributed by atoms with Crippen molar-refractivity contribution in [3.05, 3.63) is 93.0 Å². The maximum Gasteiger partial charge on any atom is 0.435 e. The first-order valence-electron chi connectivity index (χ1n) is 18.6. The van der Waals surface area contributed by atoms with Crippen molar-refractivity contribution in [2.45, 2.75) is 74.8 Å². The molecule has 5 aromatic rings. The lowest BCUT2D eigenvalue weighted by atomic mass is 9.93. The molecule has 1 amide bonds. The SMILES string of the molecule is CC(C)(C#Cc1ccc(-c2ccc(Cl)c3c(NS(C)(=O)=O)nn(CC(F)(F)F)c23)c([C@H](Cc2cc(F)cc(F)c2)NC(=O)Cn2nc(C(F)(F)F)c3c2C(F)(F)C2CC32)n1)S(C)(=O)=O. The van der Waals surface area contributed by atoms with Gasteiger partial charge in [-0.25, -0.2) is 30.6 Å². The normalized spacial score (nSPS) is 17.7. The van der Waals surface area contributed by atoms with Crippen LogP contribution in [-0.2, 0) is 56.3 Å². The average molecular weight is 968 g/mol. The summed E-state index contributed by atoms with van der Waals surface area (Å²) in [6, 6.07) is 5.24. The number of hydrogen-bond donors (Lipinski definition) is 2. The molecule has 25 heteroatoms. The van der Waals surface area contributed by atoms with E-state index in [2.05, 4.69) is 32.3 Å². The second-order valence-corrected chi connectivity index (χ2v) is 20.6. The number of aromatic nitrogens is 5. The minimum absolute atomic E-state index is 0.195. The number of carbonyl (C=O) groups is 1. The lowest BCUT2D eigenvalue weighted by molar-refractivity contribution is -0.142. The van der Waals surface area contributed by atoms with E-state index in [9.17, 15) is 56.8 Å². The van der Waals surface area contributed by atoms with Gasteiger partial charge < -0.3 is 5.32 Å². The molecule has 2 aliphatic rings. The van der Waals surface area contributed by atoms with Crippen molar-refractivity contribution in [3.63, 3.8) is 0 Å². The number of anilines is 1. The molecular formula is C39H32ClF10N7O5S2. The molecule has 0 bridgehead atoms. The highest BCUT2D eigenvalue weighted by Gasteiger charge is 2.68. The lowest BCUT2D eigenvalue weighted by Crippen LogP contribution is -2.35. The highest BCUT2D eigenvalue weighted by atomic mass is 35.5. The Morgan fingerprint density at radius 3 is 2.19 bits per heavy atom. The fraction of sp³-hybridized carbons (Fsp3) is 0.385. The minimum Gasteiger partial charge on any atom is -0.346 e. The van der Waals surface area contributed by atoms with Crippen LogP contribution < -0.4 is 10.0 Å². The molecule has 1 saturated carbocycles. The van der Waals surface area contributed by atoms with E-state index in [1.807, 2.05) is 4.72 Å². The third-order valence-corrected chi connectivity index (χ3v) is 13.4. The van der Waals surface area contributed by atoms with Crippen LogP contribution in [0.15, 0.2) is 42.5 Å². The van der Waals surface area contributed by atoms with Crippen LogP contribution in [0, 0.1) is 29.4 Å². The van der Waals surface area contributed by atoms with Gasteiger partial charge in [0, 0.05) is 34.9 Å². The molecule has 3 aromatic heterocycles. The Morgan fingerprint density at radius 2 is 1.59 bits per heavy atom. The largest absolute Gasteiger partial charge is 0.435 e. The lowest BCUT2D eigenvalue weighted by Gasteiger charge is -2.23. The summed E-state index contributed by atoms with van der Waals surface area (Å²) in [5.74, 6) is -5.43. The van der Waals surface area contributed by atoms with Crippen molar-refractivity contribution >= 4 is 54.1 Å². The second-order valence-electron chi connectivity index (χ2n) is 15.9. The molecule has 342 valence electrons. The Kier molecular flexibility index (Phi) is 11.4. The molecule has 1 fully saturated rings. The van der Waals surface area contributed by atoms with Crippen LogP contribution in [0.2, 0.25) is 5.02 Å². The van der Waals surface area contributed by atoms with Crippen molar-refractivity contribution in [1.29, 1.82) is 0 Å². The van der Waals surface area contributed by atoms with Gasteiger partial charge in [0.2, 0.25) is 15.9 Å². The third kappa shape index (κ3) is 9.24. The van der Waals surface area contributed by atoms with E-state index in [0.29, 0.717) is 17.0 Å². The summed E-state index contributed by atoms with van der Waals surface area (Å²) in [5, 5.41) is 9.01. The predicted molar refractivity (Wildman–Crippen MR) is 211 cm³/mol. The van der Waals surface area contributed by atoms with E-state index in [1.54, 1.807) is 0 Å². The fourth-order valence-corrected chi connectivity index (χ4v) is 8.50. The van der Waals surface area contributed by atoms with Crippen LogP contribution >= 0.6 is 11.6 Å². The van der Waals surface area contributed by atoms with Crippen molar-refractivity contribution in [1.82, 2.24) is 29.9 Å². The smallest absolute Gasteiger partial charge is 0.346 e. The predicted octanol–water partition coefficient (Wildman–Crippen LogP) is 7.66. The van der Waals surface area contributed by atoms with Crippen LogP contribution in [0.5, 0.6) is 0 Å². The number of halogens is 11. The molecule has 2 N–H and O–H groups in total. The van der Waals surface area contributed by atoms with Crippen LogP contribution in [0.3, 0.4) is 0 Å². The molecule has 3 heterocycles. The number of benzene rings is 2. The second kappa shape index (κ2) is 15.6. The number of pyridine rings is 1. The molecule has 0 saturated heterocycles. The highest BCUT2D eigenvalue weighted by molar-refractivity contribution is 7.92. The van der Waals surface area contributed by atoms with E-state index in [0.717, 1.165) is 24.5 Å². The number of amides is 1. The zero-order chi connectivity index (χ0) is 47.3. The Hall–Kier alpha value is -5.41. The zero-order valence-electron chi connectivity index (χ0n) is 33.4. The number of nitrogens with zero attached hydrogens (tertiary/aromatic N) is 5. The topological polar surface area (TPSA) is 158 Å². The summed E-state index contributed by atoms with van der Waals surface area (Å²) in [7, 11) is -8.06. The minimum atomic E-state index is -5.19. The molecule has 0 radical (unpaired) electrons. The summed E-state index contributed by atoms with van der Waals surface area (Å²) in [5.41, 5.74) is -5.17. The summed E-state index contributed by atoms with van der Waals surface area (Å²) >= 11 is 6.46. The van der Waals surface area contributed by atoms with Crippen LogP contribution in [-0.4, -0.2) is 70.7 Å². The van der Waals surface area contributed by atoms with Gasteiger partial charge in [0.1, 0.15) is 40.9 Å². The summed E-state index contributed by atoms with van der Waals surface area (Å²) in [6.45, 7) is -0.547. The fourth-order valence-electron chi connectivity index (χ4n) is 7.52. The van der Waals surface area contributed by atoms with Gasteiger partial charge in [-0.15, -0.1) is 0 Å². The monoisotopic (exact) mass is 967 g/mol. The quantitative estimate of drug-likeness (QED) is 0.101. The molecule has 2 unspecified atom stereocenters. The van der Waals surface area contributed by atoms with Crippen molar-refractivity contribution in [2.24, 2.45) is 5.92 Å². The number of hydrogen-bond acceptors (Lipinski definition) is 8. The number of alkyl halides is 8. The van der Waals surface area contributed by atoms with Gasteiger partial charge in [0.25, 0.3) is 5.92 Å². The first-order chi connectivity index (χ1) is 29.3. The van der Waals surface area contributed by atoms with Crippen molar-refractivity contribution < 1.29 is 65.5 Å². The summed E-state index contributed by atoms with van der Waals surface area (Å²) in [4.78, 5) is 18.5. The highest BCUT2D eigenvalue weighted by Crippen LogP contribution is 2.68. The number of sulfone groups is 1. The maximum absolute atomic E-state index is 15.5. The van der Waals surface area contributed by atoms with E-state index in [-0.39, 0.29) is 49.6 Å². The van der Waals surface area contributed by atoms with Crippen LogP contribution in [0.25, 0.3) is 22.0 Å². The van der Waals surface area contributed by atoms with Crippen molar-refractivity contribution in [2.75, 3.05) is 17.2 Å². The van der Waals surface area contributed by atoms with Gasteiger partial charge in [-0.05, 0) is 74.4 Å². The van der Waals surface area contributed by atoms with Crippen LogP contribution in [0.1, 0.15) is 66.1 Å². The van der Waals surface area contributed by atoms with Gasteiger partial charge >= 0.3 is 12.4 Å². The van der Waals surface area contributed by atoms with Gasteiger partial charge in [0.15, 0.2) is 21.3 Å². The number of rotatable bonds is 11. The Morgan fingerprint density at radius 1 is 0.953 bits per heavy atom. The molecule has 3 atom stereocenters. The molecule has 0 aliphatic heterocycles. The first kappa shape index (κ1) is 46.6. The Labute approximate surface area is 362 Å². The number of fused-ring (bicyclic) bond motifs is 4. The van der Waals surface area contributed by atoms with Gasteiger partial charge in [-0.1, -0.05) is 23.6 Å². The molecular weight excluding hydrogens is 936 g/mol. The van der Waals surface area contributed by atoms with E-state index in [1.165, 1.54) is 32.0 Å². The third-order valence-electron chi connectivity index (χ3n) is 10.6. The van der Waals surface area contributed by atoms with Gasteiger partial charge in [0.05, 0.1) is 33.9 Å². The zero-order valence-corrected chi connectivity index (χ0v) is 35.7. The molecule has 64 heavy (non-hydrogen) atoms. The van der Waals surface area contributed by atoms with Gasteiger partial charge in [-0.2, -0.15) is 45.3 Å². The summed E-state index contributed by atoms with van der Waals surface area (Å²) in [6.07, 6.45) is -9.46. The number of carbonyl (C=O) groups excluding carboxylic acids is 1. The van der Waals surface area contributed by atoms with E-state index in [4.69, 9.17) is 11.6 Å². The number of nitrogens with one attached hydrogen (secondary N) is 2. The molecule has 12 nitrogen and oxygen atoms in total. The molecule has 0 spiro atoms. The van der Waals surface area contributed by atoms with Crippen molar-refractivity contribution in [3.8, 4) is 23.0 Å². The molecule has 7 rings (SSSR count). The van der Waals surface area contributed by atoms with Gasteiger partial charge in [-0.3, -0.25) is 18.9 Å². The summed E-state index contributed by atoms with van der Waals surface area (Å²) < 4.78 is 195. The number of sulfonamides is 1. The first-order valence-corrected chi connectivity index (χ1v) is 22.8. The maximum atomic E-state index is 15.5. The Balaban J connectivity index is 1.45. The molecule has 2 aromatic carbocycles. The van der Waals surface area contributed by atoms with Crippen LogP contribution in [0.4, 0.5) is 49.7 Å². The van der Waals surface area contributed by atoms with E-state index >= 15 is 8.78 Å². The van der Waals surface area contributed by atoms with E-state index < -0.39 is 126 Å². The molecule has 2 aliphatic carbocycles.